The molecular formula is C22H20N4O3. The normalized spacial score (nSPS) is 10.5. The van der Waals surface area contributed by atoms with E-state index in [4.69, 9.17) is 10.00 Å². The van der Waals surface area contributed by atoms with Gasteiger partial charge in [0.25, 0.3) is 11.5 Å². The van der Waals surface area contributed by atoms with Crippen molar-refractivity contribution in [2.75, 3.05) is 25.6 Å². The zero-order chi connectivity index (χ0) is 21.4. The average Bonchev–Trinajstić information content (AvgIpc) is 2.74. The van der Waals surface area contributed by atoms with Crippen LogP contribution < -0.4 is 9.47 Å². The van der Waals surface area contributed by atoms with Gasteiger partial charge in [0.05, 0.1) is 23.8 Å². The van der Waals surface area contributed by atoms with Crippen LogP contribution in [0.25, 0.3) is 11.1 Å². The SMILES string of the molecule is CCOC(=O)C(=C=[N-])/C=C(/C(=O)c1ccc(C#N)cc1)[n+]1ccc(N(C)C)cc1. The molecule has 7 nitrogen and oxygen atoms in total. The highest BCUT2D eigenvalue weighted by Crippen LogP contribution is 2.14. The van der Waals surface area contributed by atoms with E-state index in [1.807, 2.05) is 25.1 Å². The first kappa shape index (κ1) is 21.3. The predicted molar refractivity (Wildman–Crippen MR) is 109 cm³/mol. The summed E-state index contributed by atoms with van der Waals surface area (Å²) < 4.78 is 6.42. The number of carbonyl (C=O) groups is 2. The summed E-state index contributed by atoms with van der Waals surface area (Å²) in [5.41, 5.74) is 1.48. The lowest BCUT2D eigenvalue weighted by Crippen LogP contribution is -2.36. The monoisotopic (exact) mass is 388 g/mol. The number of aromatic nitrogens is 1. The number of benzene rings is 1. The van der Waals surface area contributed by atoms with Crippen LogP contribution in [0.4, 0.5) is 5.69 Å². The van der Waals surface area contributed by atoms with Crippen LogP contribution in [0.1, 0.15) is 22.8 Å². The van der Waals surface area contributed by atoms with Crippen LogP contribution in [-0.4, -0.2) is 38.3 Å². The maximum atomic E-state index is 13.1. The lowest BCUT2D eigenvalue weighted by molar-refractivity contribution is -0.576. The van der Waals surface area contributed by atoms with Gasteiger partial charge in [-0.2, -0.15) is 9.83 Å². The summed E-state index contributed by atoms with van der Waals surface area (Å²) in [7, 11) is 3.78. The van der Waals surface area contributed by atoms with Crippen LogP contribution >= 0.6 is 0 Å². The average molecular weight is 388 g/mol. The van der Waals surface area contributed by atoms with Crippen LogP contribution in [0.3, 0.4) is 0 Å². The third-order valence-electron chi connectivity index (χ3n) is 4.01. The zero-order valence-electron chi connectivity index (χ0n) is 16.4. The number of allylic oxidation sites excluding steroid dienone is 1. The van der Waals surface area contributed by atoms with E-state index in [1.165, 1.54) is 34.9 Å². The standard InChI is InChI=1S/C22H20N4O3/c1-4-29-22(28)18(15-24)13-20(26-11-9-19(10-12-26)25(2)3)21(27)17-7-5-16(14-23)6-8-17/h5-13H,4H2,1-3H3/b20-13-. The van der Waals surface area contributed by atoms with Crippen LogP contribution in [-0.2, 0) is 9.53 Å². The third-order valence-corrected chi connectivity index (χ3v) is 4.01. The van der Waals surface area contributed by atoms with Crippen LogP contribution in [0.5, 0.6) is 0 Å². The molecule has 0 saturated carbocycles. The summed E-state index contributed by atoms with van der Waals surface area (Å²) in [6.45, 7) is 1.75. The van der Waals surface area contributed by atoms with E-state index in [0.717, 1.165) is 5.69 Å². The minimum absolute atomic E-state index is 0.101. The minimum Gasteiger partial charge on any atom is -0.763 e. The molecule has 0 amide bonds. The second-order valence-electron chi connectivity index (χ2n) is 6.15. The van der Waals surface area contributed by atoms with Gasteiger partial charge in [-0.15, -0.1) is 0 Å². The predicted octanol–water partition coefficient (Wildman–Crippen LogP) is 2.36. The van der Waals surface area contributed by atoms with Crippen molar-refractivity contribution in [3.63, 3.8) is 0 Å². The molecule has 0 atom stereocenters. The maximum absolute atomic E-state index is 13.1. The van der Waals surface area contributed by atoms with Crippen molar-refractivity contribution in [2.45, 2.75) is 6.92 Å². The topological polar surface area (TPSA) is 96.6 Å². The summed E-state index contributed by atoms with van der Waals surface area (Å²) in [6.07, 6.45) is 4.56. The number of nitrogens with zero attached hydrogens (tertiary/aromatic N) is 4. The first-order valence-electron chi connectivity index (χ1n) is 8.81. The molecule has 1 aromatic heterocycles. The van der Waals surface area contributed by atoms with Crippen LogP contribution in [0.2, 0.25) is 0 Å². The first-order valence-corrected chi connectivity index (χ1v) is 8.81. The van der Waals surface area contributed by atoms with Crippen molar-refractivity contribution in [1.82, 2.24) is 0 Å². The van der Waals surface area contributed by atoms with Gasteiger partial charge >= 0.3 is 5.97 Å². The number of Topliss-reactive ketones (excluding diaryl/α,β-unsaturated/α-hetero) is 1. The van der Waals surface area contributed by atoms with E-state index < -0.39 is 11.8 Å². The van der Waals surface area contributed by atoms with Crippen LogP contribution in [0, 0.1) is 11.3 Å². The molecule has 0 aliphatic carbocycles. The Morgan fingerprint density at radius 2 is 1.79 bits per heavy atom. The molecule has 0 aliphatic rings. The number of pyridine rings is 1. The molecule has 2 aromatic rings. The Labute approximate surface area is 169 Å². The number of ether oxygens (including phenoxy) is 1. The summed E-state index contributed by atoms with van der Waals surface area (Å²) in [5, 5.41) is 18.3. The van der Waals surface area contributed by atoms with Gasteiger partial charge in [0.15, 0.2) is 12.4 Å². The maximum Gasteiger partial charge on any atom is 0.344 e. The van der Waals surface area contributed by atoms with E-state index in [2.05, 4.69) is 0 Å². The Bertz CT molecular complexity index is 1020. The van der Waals surface area contributed by atoms with Crippen molar-refractivity contribution in [2.24, 2.45) is 0 Å². The minimum atomic E-state index is -0.800. The zero-order valence-corrected chi connectivity index (χ0v) is 16.4. The molecule has 0 saturated heterocycles. The van der Waals surface area contributed by atoms with Crippen molar-refractivity contribution in [3.8, 4) is 6.07 Å². The van der Waals surface area contributed by atoms with Gasteiger partial charge < -0.3 is 15.0 Å². The molecule has 0 spiro atoms. The molecule has 1 heterocycles. The third kappa shape index (κ3) is 5.25. The van der Waals surface area contributed by atoms with Gasteiger partial charge in [-0.25, -0.2) is 4.79 Å². The van der Waals surface area contributed by atoms with E-state index in [0.29, 0.717) is 11.1 Å². The molecule has 0 bridgehead atoms. The summed E-state index contributed by atoms with van der Waals surface area (Å²) >= 11 is 0. The Balaban J connectivity index is 2.56. The van der Waals surface area contributed by atoms with E-state index in [9.17, 15) is 15.0 Å². The van der Waals surface area contributed by atoms with E-state index in [-0.39, 0.29) is 17.9 Å². The van der Waals surface area contributed by atoms with Gasteiger partial charge in [0.1, 0.15) is 0 Å². The summed E-state index contributed by atoms with van der Waals surface area (Å²) in [4.78, 5) is 27.1. The molecule has 0 fully saturated rings. The van der Waals surface area contributed by atoms with Gasteiger partial charge in [-0.05, 0) is 31.2 Å². The number of rotatable bonds is 7. The van der Waals surface area contributed by atoms with E-state index in [1.54, 1.807) is 37.3 Å². The smallest absolute Gasteiger partial charge is 0.344 e. The van der Waals surface area contributed by atoms with Gasteiger partial charge in [0.2, 0.25) is 0 Å². The highest BCUT2D eigenvalue weighted by atomic mass is 16.5. The highest BCUT2D eigenvalue weighted by molar-refractivity contribution is 6.23. The molecule has 7 heteroatoms. The number of hydrogen-bond acceptors (Lipinski definition) is 5. The fourth-order valence-corrected chi connectivity index (χ4v) is 2.46. The molecular weight excluding hydrogens is 368 g/mol. The summed E-state index contributed by atoms with van der Waals surface area (Å²) in [5.74, 6) is 0.581. The molecule has 2 rings (SSSR count). The van der Waals surface area contributed by atoms with Crippen molar-refractivity contribution in [3.05, 3.63) is 77.0 Å². The lowest BCUT2D eigenvalue weighted by Gasteiger charge is -2.11. The highest BCUT2D eigenvalue weighted by Gasteiger charge is 2.24. The van der Waals surface area contributed by atoms with Crippen LogP contribution in [0.15, 0.2) is 60.4 Å². The largest absolute Gasteiger partial charge is 0.763 e. The molecule has 1 aromatic carbocycles. The number of anilines is 1. The summed E-state index contributed by atoms with van der Waals surface area (Å²) in [6, 6.07) is 11.7. The Hall–Kier alpha value is -4.01. The van der Waals surface area contributed by atoms with Crippen molar-refractivity contribution in [1.29, 1.82) is 5.26 Å². The fraction of sp³-hybridized carbons (Fsp3) is 0.182. The number of carbonyl (C=O) groups excluding carboxylic acids is 2. The Morgan fingerprint density at radius 1 is 1.17 bits per heavy atom. The Kier molecular flexibility index (Phi) is 7.19. The first-order chi connectivity index (χ1) is 13.9. The second kappa shape index (κ2) is 9.79. The van der Waals surface area contributed by atoms with Crippen molar-refractivity contribution >= 4 is 29.0 Å². The number of ketones is 1. The number of esters is 1. The molecule has 0 radical (unpaired) electrons. The quantitative estimate of drug-likeness (QED) is 0.181. The van der Waals surface area contributed by atoms with Gasteiger partial charge in [-0.1, -0.05) is 0 Å². The second-order valence-corrected chi connectivity index (χ2v) is 6.15. The van der Waals surface area contributed by atoms with Crippen molar-refractivity contribution < 1.29 is 18.9 Å². The number of hydrogen-bond donors (Lipinski definition) is 0. The number of nitriles is 1. The molecule has 29 heavy (non-hydrogen) atoms. The Morgan fingerprint density at radius 3 is 2.28 bits per heavy atom. The lowest BCUT2D eigenvalue weighted by atomic mass is 10.0. The molecule has 146 valence electrons. The fourth-order valence-electron chi connectivity index (χ4n) is 2.46. The molecule has 0 aliphatic heterocycles. The molecule has 0 unspecified atom stereocenters. The van der Waals surface area contributed by atoms with E-state index >= 15 is 0 Å². The van der Waals surface area contributed by atoms with Gasteiger partial charge in [0, 0.05) is 43.6 Å². The van der Waals surface area contributed by atoms with Gasteiger partial charge in [-0.3, -0.25) is 10.7 Å². The molecule has 0 N–H and O–H groups in total.